The second kappa shape index (κ2) is 12.5. The number of fused-ring (bicyclic) bond motifs is 1. The zero-order chi connectivity index (χ0) is 29.5. The molecule has 0 saturated heterocycles. The number of rotatable bonds is 8. The van der Waals surface area contributed by atoms with Crippen molar-refractivity contribution in [3.8, 4) is 24.2 Å². The number of terminal acetylenes is 1. The lowest BCUT2D eigenvalue weighted by molar-refractivity contribution is -0.142. The Bertz CT molecular complexity index is 1690. The van der Waals surface area contributed by atoms with Gasteiger partial charge in [0.15, 0.2) is 5.76 Å². The number of hydrogen-bond donors (Lipinski definition) is 2. The van der Waals surface area contributed by atoms with Crippen molar-refractivity contribution in [3.63, 3.8) is 0 Å². The average molecular weight is 552 g/mol. The number of carbonyl (C=O) groups excluding carboxylic acids is 3. The van der Waals surface area contributed by atoms with Gasteiger partial charge < -0.3 is 29.7 Å². The van der Waals surface area contributed by atoms with Gasteiger partial charge in [-0.2, -0.15) is 5.26 Å². The number of nitriles is 1. The van der Waals surface area contributed by atoms with Crippen molar-refractivity contribution >= 4 is 45.8 Å². The molecular weight excluding hydrogens is 526 g/mol. The number of hydrogen-bond acceptors (Lipinski definition) is 10. The zero-order valence-electron chi connectivity index (χ0n) is 22.5. The van der Waals surface area contributed by atoms with Gasteiger partial charge in [0.05, 0.1) is 35.6 Å². The van der Waals surface area contributed by atoms with Gasteiger partial charge >= 0.3 is 11.9 Å². The van der Waals surface area contributed by atoms with Crippen molar-refractivity contribution in [1.82, 2.24) is 9.88 Å². The minimum atomic E-state index is -0.921. The first-order valence-electron chi connectivity index (χ1n) is 12.4. The van der Waals surface area contributed by atoms with Gasteiger partial charge in [-0.15, -0.1) is 6.42 Å². The van der Waals surface area contributed by atoms with Crippen LogP contribution in [0.15, 0.2) is 66.3 Å². The van der Waals surface area contributed by atoms with Crippen molar-refractivity contribution in [2.75, 3.05) is 37.9 Å². The summed E-state index contributed by atoms with van der Waals surface area (Å²) >= 11 is 0. The summed E-state index contributed by atoms with van der Waals surface area (Å²) in [6, 6.07) is 12.4. The van der Waals surface area contributed by atoms with Gasteiger partial charge in [0, 0.05) is 41.1 Å². The van der Waals surface area contributed by atoms with Crippen LogP contribution < -0.4 is 15.4 Å². The SMILES string of the molecule is C#Cc1cccc(Nc2c(C#N)cnc3cc(OCC)c(NC(=O)/C4=C(/CN(C)C)OC(=O)/C=C\C(=O)O4)cc23)c1. The molecule has 2 N–H and O–H groups in total. The van der Waals surface area contributed by atoms with E-state index in [1.165, 1.54) is 6.20 Å². The van der Waals surface area contributed by atoms with E-state index in [-0.39, 0.29) is 35.9 Å². The maximum absolute atomic E-state index is 13.5. The quantitative estimate of drug-likeness (QED) is 0.315. The smallest absolute Gasteiger partial charge is 0.336 e. The van der Waals surface area contributed by atoms with Crippen molar-refractivity contribution in [2.45, 2.75) is 6.92 Å². The standard InChI is InChI=1S/C30H25N5O6/c1-5-18-8-7-9-20(12-18)33-28-19(15-31)16-32-22-14-24(39-6-2)23(13-21(22)28)34-30(38)29-25(17-35(3)4)40-26(36)10-11-27(37)41-29/h1,7-14,16H,6,17H2,2-4H3,(H,32,33)(H,34,38)/b11-10-,29-25+. The molecule has 2 aromatic carbocycles. The molecule has 0 atom stereocenters. The molecule has 206 valence electrons. The van der Waals surface area contributed by atoms with E-state index in [4.69, 9.17) is 20.6 Å². The summed E-state index contributed by atoms with van der Waals surface area (Å²) in [5.74, 6) is -0.411. The number of benzene rings is 2. The summed E-state index contributed by atoms with van der Waals surface area (Å²) < 4.78 is 16.3. The summed E-state index contributed by atoms with van der Waals surface area (Å²) in [5, 5.41) is 16.2. The normalized spacial score (nSPS) is 15.6. The van der Waals surface area contributed by atoms with Gasteiger partial charge in [0.25, 0.3) is 5.91 Å². The van der Waals surface area contributed by atoms with Crippen molar-refractivity contribution in [1.29, 1.82) is 5.26 Å². The van der Waals surface area contributed by atoms with Gasteiger partial charge in [-0.3, -0.25) is 9.78 Å². The molecule has 3 aromatic rings. The van der Waals surface area contributed by atoms with E-state index in [1.54, 1.807) is 62.3 Å². The lowest BCUT2D eigenvalue weighted by Gasteiger charge is -2.19. The molecule has 0 fully saturated rings. The number of pyridine rings is 1. The highest BCUT2D eigenvalue weighted by Crippen LogP contribution is 2.36. The lowest BCUT2D eigenvalue weighted by atomic mass is 10.1. The van der Waals surface area contributed by atoms with Gasteiger partial charge in [-0.25, -0.2) is 9.59 Å². The Morgan fingerprint density at radius 1 is 1.15 bits per heavy atom. The van der Waals surface area contributed by atoms with Gasteiger partial charge in [-0.1, -0.05) is 12.0 Å². The molecule has 0 unspecified atom stereocenters. The fraction of sp³-hybridized carbons (Fsp3) is 0.167. The molecule has 2 heterocycles. The highest BCUT2D eigenvalue weighted by molar-refractivity contribution is 6.08. The molecule has 11 nitrogen and oxygen atoms in total. The van der Waals surface area contributed by atoms with E-state index in [0.717, 1.165) is 12.2 Å². The van der Waals surface area contributed by atoms with E-state index < -0.39 is 23.6 Å². The van der Waals surface area contributed by atoms with E-state index in [2.05, 4.69) is 27.6 Å². The van der Waals surface area contributed by atoms with Crippen LogP contribution in [0.2, 0.25) is 0 Å². The molecule has 1 aromatic heterocycles. The van der Waals surface area contributed by atoms with Gasteiger partial charge in [0.2, 0.25) is 5.76 Å². The molecular formula is C30H25N5O6. The zero-order valence-corrected chi connectivity index (χ0v) is 22.5. The van der Waals surface area contributed by atoms with Crippen LogP contribution in [-0.4, -0.2) is 55.0 Å². The summed E-state index contributed by atoms with van der Waals surface area (Å²) in [5.41, 5.74) is 2.62. The summed E-state index contributed by atoms with van der Waals surface area (Å²) in [7, 11) is 3.38. The fourth-order valence-corrected chi connectivity index (χ4v) is 3.92. The maximum Gasteiger partial charge on any atom is 0.336 e. The number of amides is 1. The lowest BCUT2D eigenvalue weighted by Crippen LogP contribution is -2.27. The Morgan fingerprint density at radius 2 is 1.90 bits per heavy atom. The van der Waals surface area contributed by atoms with Crippen molar-refractivity contribution in [2.24, 2.45) is 0 Å². The number of carbonyl (C=O) groups is 3. The molecule has 41 heavy (non-hydrogen) atoms. The highest BCUT2D eigenvalue weighted by Gasteiger charge is 2.27. The Morgan fingerprint density at radius 3 is 2.59 bits per heavy atom. The molecule has 1 amide bonds. The van der Waals surface area contributed by atoms with Crippen LogP contribution in [0.1, 0.15) is 18.1 Å². The van der Waals surface area contributed by atoms with E-state index >= 15 is 0 Å². The number of ether oxygens (including phenoxy) is 3. The third kappa shape index (κ3) is 6.68. The maximum atomic E-state index is 13.5. The van der Waals surface area contributed by atoms with Crippen molar-refractivity contribution in [3.05, 3.63) is 77.4 Å². The number of likely N-dealkylation sites (N-methyl/N-ethyl adjacent to an activating group) is 1. The number of esters is 2. The number of cyclic esters (lactones) is 2. The molecule has 1 aliphatic rings. The predicted molar refractivity (Wildman–Crippen MR) is 151 cm³/mol. The van der Waals surface area contributed by atoms with Crippen molar-refractivity contribution < 1.29 is 28.6 Å². The van der Waals surface area contributed by atoms with Crippen LogP contribution in [0.25, 0.3) is 10.9 Å². The minimum Gasteiger partial charge on any atom is -0.492 e. The topological polar surface area (TPSA) is 143 Å². The first kappa shape index (κ1) is 28.4. The molecule has 0 bridgehead atoms. The number of nitrogens with zero attached hydrogens (tertiary/aromatic N) is 3. The van der Waals surface area contributed by atoms with Gasteiger partial charge in [-0.05, 0) is 45.3 Å². The fourth-order valence-electron chi connectivity index (χ4n) is 3.92. The monoisotopic (exact) mass is 551 g/mol. The molecule has 0 saturated carbocycles. The Balaban J connectivity index is 1.82. The number of nitrogens with one attached hydrogen (secondary N) is 2. The molecule has 4 rings (SSSR count). The van der Waals surface area contributed by atoms with E-state index in [9.17, 15) is 19.6 Å². The summed E-state index contributed by atoms with van der Waals surface area (Å²) in [4.78, 5) is 43.9. The highest BCUT2D eigenvalue weighted by atomic mass is 16.6. The van der Waals surface area contributed by atoms with Crippen LogP contribution in [0.3, 0.4) is 0 Å². The second-order valence-electron chi connectivity index (χ2n) is 8.93. The largest absolute Gasteiger partial charge is 0.492 e. The second-order valence-corrected chi connectivity index (χ2v) is 8.93. The summed E-state index contributed by atoms with van der Waals surface area (Å²) in [6.07, 6.45) is 8.75. The van der Waals surface area contributed by atoms with E-state index in [0.29, 0.717) is 27.8 Å². The molecule has 0 spiro atoms. The van der Waals surface area contributed by atoms with Crippen LogP contribution in [0.5, 0.6) is 5.75 Å². The number of aromatic nitrogens is 1. The number of anilines is 3. The molecule has 0 aliphatic carbocycles. The van der Waals surface area contributed by atoms with Crippen LogP contribution >= 0.6 is 0 Å². The third-order valence-electron chi connectivity index (χ3n) is 5.64. The van der Waals surface area contributed by atoms with Crippen LogP contribution in [0.4, 0.5) is 17.1 Å². The summed E-state index contributed by atoms with van der Waals surface area (Å²) in [6.45, 7) is 2.03. The predicted octanol–water partition coefficient (Wildman–Crippen LogP) is 3.60. The first-order valence-corrected chi connectivity index (χ1v) is 12.4. The third-order valence-corrected chi connectivity index (χ3v) is 5.64. The molecule has 0 radical (unpaired) electrons. The minimum absolute atomic E-state index is 0.00805. The van der Waals surface area contributed by atoms with Crippen LogP contribution in [-0.2, 0) is 23.9 Å². The Labute approximate surface area is 236 Å². The first-order chi connectivity index (χ1) is 19.7. The molecule has 11 heteroatoms. The molecule has 1 aliphatic heterocycles. The average Bonchev–Trinajstić information content (AvgIpc) is 2.94. The van der Waals surface area contributed by atoms with Gasteiger partial charge in [0.1, 0.15) is 11.8 Å². The van der Waals surface area contributed by atoms with Crippen LogP contribution in [0, 0.1) is 23.7 Å². The Kier molecular flexibility index (Phi) is 8.63. The Hall–Kier alpha value is -5.65. The van der Waals surface area contributed by atoms with E-state index in [1.807, 2.05) is 0 Å².